The maximum atomic E-state index is 10.6. The molecule has 0 saturated carbocycles. The van der Waals surface area contributed by atoms with Crippen molar-refractivity contribution in [3.8, 4) is 0 Å². The summed E-state index contributed by atoms with van der Waals surface area (Å²) in [5.41, 5.74) is 0. The van der Waals surface area contributed by atoms with Crippen LogP contribution in [0.15, 0.2) is 0 Å². The molecule has 1 fully saturated rings. The van der Waals surface area contributed by atoms with Crippen molar-refractivity contribution in [3.05, 3.63) is 0 Å². The standard InChI is InChI=1S/C10H19NO2S/c1-2-3-4-5-6-9-11-8(7-14-9)10(12)13/h8-9,11H,2-7H2,1H3,(H,12,13)/t8-,9-/m1/s1. The van der Waals surface area contributed by atoms with Gasteiger partial charge >= 0.3 is 5.97 Å². The molecule has 82 valence electrons. The summed E-state index contributed by atoms with van der Waals surface area (Å²) in [5.74, 6) is 0.00175. The van der Waals surface area contributed by atoms with Crippen molar-refractivity contribution in [2.75, 3.05) is 5.75 Å². The number of hydrogen-bond acceptors (Lipinski definition) is 3. The van der Waals surface area contributed by atoms with Gasteiger partial charge in [-0.15, -0.1) is 11.8 Å². The molecular formula is C10H19NO2S. The van der Waals surface area contributed by atoms with Gasteiger partial charge in [-0.25, -0.2) is 0 Å². The predicted octanol–water partition coefficient (Wildman–Crippen LogP) is 2.07. The van der Waals surface area contributed by atoms with Crippen molar-refractivity contribution in [3.63, 3.8) is 0 Å². The Morgan fingerprint density at radius 1 is 1.50 bits per heavy atom. The maximum Gasteiger partial charge on any atom is 0.321 e. The summed E-state index contributed by atoms with van der Waals surface area (Å²) in [6.45, 7) is 2.20. The van der Waals surface area contributed by atoms with Crippen LogP contribution < -0.4 is 5.32 Å². The van der Waals surface area contributed by atoms with Crippen LogP contribution in [-0.4, -0.2) is 28.2 Å². The van der Waals surface area contributed by atoms with E-state index in [4.69, 9.17) is 5.11 Å². The van der Waals surface area contributed by atoms with E-state index < -0.39 is 5.97 Å². The van der Waals surface area contributed by atoms with E-state index in [9.17, 15) is 4.79 Å². The number of carboxylic acids is 1. The first-order valence-corrected chi connectivity index (χ1v) is 6.39. The zero-order chi connectivity index (χ0) is 10.4. The Balaban J connectivity index is 2.07. The first-order valence-electron chi connectivity index (χ1n) is 5.34. The fraction of sp³-hybridized carbons (Fsp3) is 0.900. The second-order valence-electron chi connectivity index (χ2n) is 3.73. The number of rotatable bonds is 6. The molecular weight excluding hydrogens is 198 g/mol. The van der Waals surface area contributed by atoms with Gasteiger partial charge in [0.25, 0.3) is 0 Å². The quantitative estimate of drug-likeness (QED) is 0.669. The molecule has 0 radical (unpaired) electrons. The van der Waals surface area contributed by atoms with Gasteiger partial charge in [0.1, 0.15) is 6.04 Å². The molecule has 1 aliphatic heterocycles. The summed E-state index contributed by atoms with van der Waals surface area (Å²) in [4.78, 5) is 10.6. The number of thioether (sulfide) groups is 1. The zero-order valence-corrected chi connectivity index (χ0v) is 9.48. The molecule has 4 heteroatoms. The molecule has 1 heterocycles. The minimum atomic E-state index is -0.714. The van der Waals surface area contributed by atoms with E-state index in [1.54, 1.807) is 11.8 Å². The molecule has 1 aliphatic rings. The van der Waals surface area contributed by atoms with Crippen molar-refractivity contribution in [1.29, 1.82) is 0 Å². The summed E-state index contributed by atoms with van der Waals surface area (Å²) < 4.78 is 0. The van der Waals surface area contributed by atoms with Crippen molar-refractivity contribution >= 4 is 17.7 Å². The van der Waals surface area contributed by atoms with Crippen molar-refractivity contribution in [1.82, 2.24) is 5.32 Å². The second-order valence-corrected chi connectivity index (χ2v) is 4.96. The van der Waals surface area contributed by atoms with Gasteiger partial charge in [-0.2, -0.15) is 0 Å². The van der Waals surface area contributed by atoms with Gasteiger partial charge in [0.2, 0.25) is 0 Å². The molecule has 2 N–H and O–H groups in total. The normalized spacial score (nSPS) is 26.6. The Kier molecular flexibility index (Phi) is 5.33. The predicted molar refractivity (Wildman–Crippen MR) is 59.6 cm³/mol. The van der Waals surface area contributed by atoms with Crippen LogP contribution in [0.2, 0.25) is 0 Å². The lowest BCUT2D eigenvalue weighted by Crippen LogP contribution is -2.36. The fourth-order valence-electron chi connectivity index (χ4n) is 1.60. The Morgan fingerprint density at radius 3 is 2.86 bits per heavy atom. The molecule has 0 aromatic rings. The number of carboxylic acid groups (broad SMARTS) is 1. The van der Waals surface area contributed by atoms with Crippen LogP contribution in [0.5, 0.6) is 0 Å². The van der Waals surface area contributed by atoms with E-state index in [0.29, 0.717) is 11.1 Å². The van der Waals surface area contributed by atoms with E-state index in [1.807, 2.05) is 0 Å². The third-order valence-corrected chi connectivity index (χ3v) is 3.77. The topological polar surface area (TPSA) is 49.3 Å². The van der Waals surface area contributed by atoms with Gasteiger partial charge in [-0.05, 0) is 6.42 Å². The first-order chi connectivity index (χ1) is 6.74. The van der Waals surface area contributed by atoms with Gasteiger partial charge in [0, 0.05) is 5.75 Å². The second kappa shape index (κ2) is 6.30. The monoisotopic (exact) mass is 217 g/mol. The third-order valence-electron chi connectivity index (χ3n) is 2.47. The highest BCUT2D eigenvalue weighted by atomic mass is 32.2. The molecule has 2 atom stereocenters. The minimum absolute atomic E-state index is 0.323. The molecule has 0 aromatic heterocycles. The first kappa shape index (κ1) is 11.9. The van der Waals surface area contributed by atoms with Crippen molar-refractivity contribution in [2.24, 2.45) is 0 Å². The molecule has 0 spiro atoms. The van der Waals surface area contributed by atoms with E-state index in [-0.39, 0.29) is 6.04 Å². The maximum absolute atomic E-state index is 10.6. The van der Waals surface area contributed by atoms with Crippen LogP contribution in [0.3, 0.4) is 0 Å². The Hall–Kier alpha value is -0.220. The molecule has 14 heavy (non-hydrogen) atoms. The van der Waals surface area contributed by atoms with Gasteiger partial charge in [0.05, 0.1) is 5.37 Å². The third kappa shape index (κ3) is 3.88. The highest BCUT2D eigenvalue weighted by Gasteiger charge is 2.28. The Morgan fingerprint density at radius 2 is 2.29 bits per heavy atom. The van der Waals surface area contributed by atoms with Gasteiger partial charge in [-0.3, -0.25) is 10.1 Å². The molecule has 1 rings (SSSR count). The van der Waals surface area contributed by atoms with Crippen LogP contribution in [-0.2, 0) is 4.79 Å². The lowest BCUT2D eigenvalue weighted by Gasteiger charge is -2.09. The lowest BCUT2D eigenvalue weighted by molar-refractivity contribution is -0.138. The number of nitrogens with one attached hydrogen (secondary N) is 1. The van der Waals surface area contributed by atoms with Crippen LogP contribution in [0.1, 0.15) is 39.0 Å². The Labute approximate surface area is 89.6 Å². The Bertz CT molecular complexity index is 187. The molecule has 0 unspecified atom stereocenters. The largest absolute Gasteiger partial charge is 0.480 e. The fourth-order valence-corrected chi connectivity index (χ4v) is 2.86. The van der Waals surface area contributed by atoms with Crippen LogP contribution in [0.4, 0.5) is 0 Å². The average molecular weight is 217 g/mol. The van der Waals surface area contributed by atoms with Gasteiger partial charge < -0.3 is 5.11 Å². The van der Waals surface area contributed by atoms with E-state index >= 15 is 0 Å². The van der Waals surface area contributed by atoms with Crippen LogP contribution in [0.25, 0.3) is 0 Å². The highest BCUT2D eigenvalue weighted by Crippen LogP contribution is 2.23. The van der Waals surface area contributed by atoms with Gasteiger partial charge in [0.15, 0.2) is 0 Å². The average Bonchev–Trinajstić information content (AvgIpc) is 2.61. The summed E-state index contributed by atoms with van der Waals surface area (Å²) in [6.07, 6.45) is 6.13. The molecule has 0 aromatic carbocycles. The van der Waals surface area contributed by atoms with E-state index in [1.165, 1.54) is 25.7 Å². The summed E-state index contributed by atoms with van der Waals surface area (Å²) in [5, 5.41) is 12.3. The smallest absolute Gasteiger partial charge is 0.321 e. The van der Waals surface area contributed by atoms with Crippen molar-refractivity contribution in [2.45, 2.75) is 50.4 Å². The van der Waals surface area contributed by atoms with Crippen LogP contribution >= 0.6 is 11.8 Å². The van der Waals surface area contributed by atoms with Gasteiger partial charge in [-0.1, -0.05) is 32.6 Å². The molecule has 1 saturated heterocycles. The summed E-state index contributed by atoms with van der Waals surface area (Å²) >= 11 is 1.74. The minimum Gasteiger partial charge on any atom is -0.480 e. The number of unbranched alkanes of at least 4 members (excludes halogenated alkanes) is 3. The number of carbonyl (C=O) groups is 1. The van der Waals surface area contributed by atoms with E-state index in [0.717, 1.165) is 6.42 Å². The molecule has 0 amide bonds. The summed E-state index contributed by atoms with van der Waals surface area (Å²) in [6, 6.07) is -0.323. The molecule has 0 aliphatic carbocycles. The van der Waals surface area contributed by atoms with E-state index in [2.05, 4.69) is 12.2 Å². The van der Waals surface area contributed by atoms with Crippen LogP contribution in [0, 0.1) is 0 Å². The molecule has 3 nitrogen and oxygen atoms in total. The number of hydrogen-bond donors (Lipinski definition) is 2. The van der Waals surface area contributed by atoms with Crippen molar-refractivity contribution < 1.29 is 9.90 Å². The SMILES string of the molecule is CCCCCC[C@@H]1N[C@@H](C(=O)O)CS1. The lowest BCUT2D eigenvalue weighted by atomic mass is 10.1. The molecule has 0 bridgehead atoms. The summed E-state index contributed by atoms with van der Waals surface area (Å²) in [7, 11) is 0. The highest BCUT2D eigenvalue weighted by molar-refractivity contribution is 8.00. The number of aliphatic carboxylic acids is 1. The zero-order valence-electron chi connectivity index (χ0n) is 8.66.